The summed E-state index contributed by atoms with van der Waals surface area (Å²) in [7, 11) is 0. The SMILES string of the molecule is O=C(O)C(CCN1C(=O)c2ccccc2C1=O)C(O)CCC1(OC(F)(F)F)C=CC(c2ccccc2)=CC1. The first-order chi connectivity index (χ1) is 18.0. The molecule has 10 heteroatoms. The van der Waals surface area contributed by atoms with Gasteiger partial charge in [0.25, 0.3) is 11.8 Å². The van der Waals surface area contributed by atoms with E-state index in [0.29, 0.717) is 0 Å². The molecular weight excluding hydrogens is 503 g/mol. The Balaban J connectivity index is 1.42. The topological polar surface area (TPSA) is 104 Å². The van der Waals surface area contributed by atoms with Gasteiger partial charge in [-0.2, -0.15) is 0 Å². The summed E-state index contributed by atoms with van der Waals surface area (Å²) in [6.45, 7) is -0.256. The number of allylic oxidation sites excluding steroid dienone is 2. The third-order valence-electron chi connectivity index (χ3n) is 6.85. The number of hydrogen-bond donors (Lipinski definition) is 2. The minimum atomic E-state index is -4.95. The standard InChI is InChI=1S/C28H26F3NO6/c29-28(30,31)38-27(14-10-19(11-15-27)18-6-2-1-3-7-18)16-12-23(33)22(26(36)37)13-17-32-24(34)20-8-4-5-9-21(20)25(32)35/h1-11,14,22-23,33H,12-13,15-17H2,(H,36,37). The van der Waals surface area contributed by atoms with E-state index in [1.807, 2.05) is 30.3 Å². The molecule has 0 saturated heterocycles. The highest BCUT2D eigenvalue weighted by Crippen LogP contribution is 2.38. The number of halogens is 3. The molecule has 200 valence electrons. The van der Waals surface area contributed by atoms with E-state index >= 15 is 0 Å². The van der Waals surface area contributed by atoms with Crippen LogP contribution in [0.5, 0.6) is 0 Å². The van der Waals surface area contributed by atoms with Crippen molar-refractivity contribution in [3.05, 3.63) is 89.5 Å². The summed E-state index contributed by atoms with van der Waals surface area (Å²) in [5, 5.41) is 20.4. The number of alkyl halides is 3. The molecule has 1 aliphatic heterocycles. The number of imide groups is 1. The lowest BCUT2D eigenvalue weighted by Crippen LogP contribution is -2.40. The molecule has 3 unspecified atom stereocenters. The second-order valence-corrected chi connectivity index (χ2v) is 9.32. The molecule has 0 saturated carbocycles. The van der Waals surface area contributed by atoms with Crippen LogP contribution in [0.2, 0.25) is 0 Å². The van der Waals surface area contributed by atoms with Crippen LogP contribution in [0.25, 0.3) is 5.57 Å². The highest BCUT2D eigenvalue weighted by atomic mass is 19.4. The zero-order valence-electron chi connectivity index (χ0n) is 20.2. The van der Waals surface area contributed by atoms with Crippen molar-refractivity contribution < 1.29 is 42.5 Å². The minimum Gasteiger partial charge on any atom is -0.481 e. The number of carbonyl (C=O) groups excluding carboxylic acids is 2. The Labute approximate surface area is 216 Å². The van der Waals surface area contributed by atoms with Crippen LogP contribution in [0.4, 0.5) is 13.2 Å². The molecule has 1 heterocycles. The lowest BCUT2D eigenvalue weighted by atomic mass is 9.83. The van der Waals surface area contributed by atoms with Gasteiger partial charge in [0.1, 0.15) is 0 Å². The van der Waals surface area contributed by atoms with Gasteiger partial charge in [0.05, 0.1) is 28.7 Å². The van der Waals surface area contributed by atoms with Crippen LogP contribution < -0.4 is 0 Å². The number of benzene rings is 2. The molecule has 38 heavy (non-hydrogen) atoms. The molecule has 2 amide bonds. The Hall–Kier alpha value is -3.76. The maximum atomic E-state index is 13.3. The Morgan fingerprint density at radius 3 is 2.13 bits per heavy atom. The molecule has 3 atom stereocenters. The van der Waals surface area contributed by atoms with E-state index in [4.69, 9.17) is 0 Å². The van der Waals surface area contributed by atoms with Gasteiger partial charge >= 0.3 is 12.3 Å². The summed E-state index contributed by atoms with van der Waals surface area (Å²) in [5.41, 5.74) is 0.148. The summed E-state index contributed by atoms with van der Waals surface area (Å²) in [4.78, 5) is 37.9. The molecule has 4 rings (SSSR count). The molecule has 0 spiro atoms. The molecule has 0 bridgehead atoms. The number of fused-ring (bicyclic) bond motifs is 1. The third kappa shape index (κ3) is 6.03. The van der Waals surface area contributed by atoms with Crippen LogP contribution in [0.3, 0.4) is 0 Å². The van der Waals surface area contributed by atoms with Crippen LogP contribution >= 0.6 is 0 Å². The second kappa shape index (κ2) is 10.9. The van der Waals surface area contributed by atoms with Gasteiger partial charge in [0.15, 0.2) is 0 Å². The molecule has 0 fully saturated rings. The maximum absolute atomic E-state index is 13.3. The van der Waals surface area contributed by atoms with Crippen LogP contribution in [0.1, 0.15) is 52.0 Å². The largest absolute Gasteiger partial charge is 0.523 e. The van der Waals surface area contributed by atoms with Gasteiger partial charge in [-0.05, 0) is 49.0 Å². The summed E-state index contributed by atoms with van der Waals surface area (Å²) < 4.78 is 44.3. The van der Waals surface area contributed by atoms with Crippen molar-refractivity contribution in [1.29, 1.82) is 0 Å². The van der Waals surface area contributed by atoms with Gasteiger partial charge < -0.3 is 10.2 Å². The maximum Gasteiger partial charge on any atom is 0.523 e. The number of carbonyl (C=O) groups is 3. The molecular formula is C28H26F3NO6. The van der Waals surface area contributed by atoms with Crippen LogP contribution in [0, 0.1) is 5.92 Å². The Morgan fingerprint density at radius 2 is 1.61 bits per heavy atom. The number of carboxylic acids is 1. The quantitative estimate of drug-likeness (QED) is 0.427. The average Bonchev–Trinajstić information content (AvgIpc) is 3.12. The van der Waals surface area contributed by atoms with Gasteiger partial charge in [-0.25, -0.2) is 0 Å². The predicted molar refractivity (Wildman–Crippen MR) is 131 cm³/mol. The van der Waals surface area contributed by atoms with Crippen LogP contribution in [-0.4, -0.2) is 57.5 Å². The van der Waals surface area contributed by atoms with Crippen molar-refractivity contribution in [3.63, 3.8) is 0 Å². The van der Waals surface area contributed by atoms with E-state index in [2.05, 4.69) is 4.74 Å². The normalized spacial score (nSPS) is 20.7. The Morgan fingerprint density at radius 1 is 1.00 bits per heavy atom. The highest BCUT2D eigenvalue weighted by Gasteiger charge is 2.43. The van der Waals surface area contributed by atoms with Crippen LogP contribution in [0.15, 0.2) is 72.8 Å². The van der Waals surface area contributed by atoms with Gasteiger partial charge in [-0.15, -0.1) is 13.2 Å². The fourth-order valence-corrected chi connectivity index (χ4v) is 4.83. The second-order valence-electron chi connectivity index (χ2n) is 9.32. The van der Waals surface area contributed by atoms with E-state index in [0.717, 1.165) is 16.0 Å². The van der Waals surface area contributed by atoms with E-state index in [1.165, 1.54) is 24.3 Å². The first-order valence-corrected chi connectivity index (χ1v) is 12.1. The Bertz CT molecular complexity index is 1240. The van der Waals surface area contributed by atoms with E-state index in [1.54, 1.807) is 18.2 Å². The van der Waals surface area contributed by atoms with Gasteiger partial charge in [0.2, 0.25) is 0 Å². The zero-order valence-corrected chi connectivity index (χ0v) is 20.2. The van der Waals surface area contributed by atoms with Crippen molar-refractivity contribution in [3.8, 4) is 0 Å². The van der Waals surface area contributed by atoms with Gasteiger partial charge in [0, 0.05) is 6.54 Å². The highest BCUT2D eigenvalue weighted by molar-refractivity contribution is 6.21. The molecule has 2 aromatic rings. The Kier molecular flexibility index (Phi) is 7.84. The summed E-state index contributed by atoms with van der Waals surface area (Å²) in [6, 6.07) is 15.3. The number of amides is 2. The van der Waals surface area contributed by atoms with E-state index in [9.17, 15) is 37.8 Å². The fraction of sp³-hybridized carbons (Fsp3) is 0.321. The number of aliphatic carboxylic acids is 1. The number of aliphatic hydroxyl groups is 1. The number of nitrogens with zero attached hydrogens (tertiary/aromatic N) is 1. The predicted octanol–water partition coefficient (Wildman–Crippen LogP) is 4.83. The minimum absolute atomic E-state index is 0.132. The van der Waals surface area contributed by atoms with Crippen molar-refractivity contribution in [2.24, 2.45) is 5.92 Å². The first-order valence-electron chi connectivity index (χ1n) is 12.1. The number of hydrogen-bond acceptors (Lipinski definition) is 5. The lowest BCUT2D eigenvalue weighted by molar-refractivity contribution is -0.359. The number of rotatable bonds is 10. The summed E-state index contributed by atoms with van der Waals surface area (Å²) in [6.07, 6.45) is -3.07. The zero-order chi connectivity index (χ0) is 27.5. The molecule has 7 nitrogen and oxygen atoms in total. The van der Waals surface area contributed by atoms with Crippen LogP contribution in [-0.2, 0) is 9.53 Å². The smallest absolute Gasteiger partial charge is 0.481 e. The van der Waals surface area contributed by atoms with E-state index < -0.39 is 41.8 Å². The third-order valence-corrected chi connectivity index (χ3v) is 6.85. The lowest BCUT2D eigenvalue weighted by Gasteiger charge is -2.34. The van der Waals surface area contributed by atoms with Crippen molar-refractivity contribution in [1.82, 2.24) is 4.90 Å². The summed E-state index contributed by atoms with van der Waals surface area (Å²) >= 11 is 0. The van der Waals surface area contributed by atoms with Crippen molar-refractivity contribution in [2.45, 2.75) is 43.8 Å². The number of ether oxygens (including phenoxy) is 1. The molecule has 2 aromatic carbocycles. The number of carboxylic acid groups (broad SMARTS) is 1. The number of aliphatic hydroxyl groups excluding tert-OH is 1. The van der Waals surface area contributed by atoms with Gasteiger partial charge in [-0.3, -0.25) is 24.0 Å². The molecule has 1 aliphatic carbocycles. The summed E-state index contributed by atoms with van der Waals surface area (Å²) in [5.74, 6) is -3.92. The first kappa shape index (κ1) is 27.3. The average molecular weight is 530 g/mol. The molecule has 2 N–H and O–H groups in total. The van der Waals surface area contributed by atoms with E-state index in [-0.39, 0.29) is 43.4 Å². The van der Waals surface area contributed by atoms with Gasteiger partial charge in [-0.1, -0.05) is 60.7 Å². The van der Waals surface area contributed by atoms with Crippen molar-refractivity contribution >= 4 is 23.4 Å². The fourth-order valence-electron chi connectivity index (χ4n) is 4.83. The molecule has 0 aromatic heterocycles. The van der Waals surface area contributed by atoms with Crippen molar-refractivity contribution in [2.75, 3.05) is 6.54 Å². The monoisotopic (exact) mass is 529 g/mol. The molecule has 0 radical (unpaired) electrons. The molecule has 2 aliphatic rings.